The van der Waals surface area contributed by atoms with Crippen LogP contribution in [0, 0.1) is 29.6 Å². The van der Waals surface area contributed by atoms with E-state index in [1.807, 2.05) is 48.5 Å². The van der Waals surface area contributed by atoms with Crippen LogP contribution in [0.2, 0.25) is 0 Å². The molecule has 5 atom stereocenters. The van der Waals surface area contributed by atoms with Gasteiger partial charge in [0.1, 0.15) is 24.3 Å². The van der Waals surface area contributed by atoms with Gasteiger partial charge in [-0.25, -0.2) is 19.2 Å². The van der Waals surface area contributed by atoms with Gasteiger partial charge in [0.25, 0.3) is 23.6 Å². The number of imide groups is 2. The Hall–Kier alpha value is -6.38. The van der Waals surface area contributed by atoms with E-state index in [-0.39, 0.29) is 337 Å². The maximum absolute atomic E-state index is 12.9. The molecule has 2 saturated heterocycles. The van der Waals surface area contributed by atoms with Crippen LogP contribution in [0.15, 0.2) is 0 Å². The molecule has 2 heterocycles. The van der Waals surface area contributed by atoms with Crippen LogP contribution >= 0.6 is 135 Å². The monoisotopic (exact) mass is 2090 g/mol. The number of Topliss-reactive ketones (excluding diaryl/α,β-unsaturated/α-hetero) is 4. The van der Waals surface area contributed by atoms with Gasteiger partial charge in [0.15, 0.2) is 23.1 Å². The van der Waals surface area contributed by atoms with Gasteiger partial charge >= 0.3 is 24.1 Å². The molecule has 0 bridgehead atoms. The van der Waals surface area contributed by atoms with Gasteiger partial charge < -0.3 is 84.6 Å². The van der Waals surface area contributed by atoms with Crippen molar-refractivity contribution in [1.29, 1.82) is 0 Å². The molecule has 16 N–H and O–H groups in total. The van der Waals surface area contributed by atoms with E-state index in [1.54, 1.807) is 41.5 Å². The number of nitrogens with two attached hydrogens (primary N) is 7. The number of hydrogen-bond acceptors (Lipinski definition) is 26. The summed E-state index contributed by atoms with van der Waals surface area (Å²) in [5.41, 5.74) is 36.0. The summed E-state index contributed by atoms with van der Waals surface area (Å²) in [6, 6.07) is 0. The number of ether oxygens (including phenoxy) is 2. The van der Waals surface area contributed by atoms with Gasteiger partial charge in [0.2, 0.25) is 47.3 Å². The molecule has 0 aromatic heterocycles. The van der Waals surface area contributed by atoms with E-state index in [4.69, 9.17) is 59.3 Å². The molecule has 133 heavy (non-hydrogen) atoms. The minimum absolute atomic E-state index is 0. The molecule has 0 unspecified atom stereocenters. The minimum Gasteiger partial charge on any atom is -0.444 e. The molecule has 14 amide bonds. The number of nitrogens with one attached hydrogen (secondary N) is 2. The quantitative estimate of drug-likeness (QED) is 0.0207. The zero-order valence-electron chi connectivity index (χ0n) is 80.8. The average Bonchev–Trinajstić information content (AvgIpc) is 1.73. The standard InChI is InChI=1S/C30H54N4O7.C25H46N4O5.C20H26N4O11.C8H18N2O.C2H6.10H2S/c1-6-22(27(31)38)14-10-8-12-16-24(35)20-34(26(37)18-19-33-29(40)41-30(3,4)5)21-25(36)17-13-9-11-15-23(7-2)28(32)39;1-3-19(24(27)33)11-7-5-9-13-21(30)17-29(23(32)15-16-26)18-22(31)14-10-6-8-12-20(4-2)25(28)34;1-20(2,3)33-19(32)21-9-8-12(25)22(10-17(30)34-23-13(26)4-5-14(23)27)11-18(31)35-24-15(28)6-7-16(24)29;1-2-7(8(10)11)5-3-4-6-9;1-2;;;;;;;;;;/h22-23H,6-21H2,1-5H3,(H2,31,38)(H2,32,39)(H,33,40);19-20H,3-18,26H2,1-2H3,(H2,27,33)(H2,28,34);4-11H2,1-3H3,(H,21,32);7H,2-6,9H2,1H3,(H2,10,11);1-2H3;10*1H2/t22-,23-;19-,20-;;7-;;;;;;;;;;;/m00.0.........../s1. The van der Waals surface area contributed by atoms with Crippen LogP contribution in [-0.4, -0.2) is 220 Å². The lowest BCUT2D eigenvalue weighted by Crippen LogP contribution is -2.45. The molecule has 2 fully saturated rings. The third-order valence-electron chi connectivity index (χ3n) is 19.5. The number of unbranched alkanes of at least 4 members (excludes halogenated alkanes) is 9. The Bertz CT molecular complexity index is 3220. The van der Waals surface area contributed by atoms with Gasteiger partial charge in [-0.05, 0) is 144 Å². The third-order valence-corrected chi connectivity index (χ3v) is 19.5. The second kappa shape index (κ2) is 90.8. The summed E-state index contributed by atoms with van der Waals surface area (Å²) in [5, 5.41) is 5.41. The fourth-order valence-corrected chi connectivity index (χ4v) is 12.4. The van der Waals surface area contributed by atoms with Crippen molar-refractivity contribution >= 4 is 253 Å². The Labute approximate surface area is 858 Å². The molecule has 2 rings (SSSR count). The second-order valence-electron chi connectivity index (χ2n) is 32.1. The topological polar surface area (TPSA) is 601 Å². The van der Waals surface area contributed by atoms with Crippen LogP contribution < -0.4 is 50.8 Å². The molecule has 0 aliphatic carbocycles. The van der Waals surface area contributed by atoms with Crippen molar-refractivity contribution in [1.82, 2.24) is 35.5 Å². The highest BCUT2D eigenvalue weighted by Crippen LogP contribution is 2.21. The summed E-state index contributed by atoms with van der Waals surface area (Å²) in [7, 11) is 0. The van der Waals surface area contributed by atoms with Crippen LogP contribution in [0.1, 0.15) is 315 Å². The predicted molar refractivity (Wildman–Crippen MR) is 561 cm³/mol. The van der Waals surface area contributed by atoms with Crippen molar-refractivity contribution in [3.63, 3.8) is 0 Å². The van der Waals surface area contributed by atoms with Crippen LogP contribution in [0.3, 0.4) is 0 Å². The molecule has 0 radical (unpaired) electrons. The molecule has 0 aromatic carbocycles. The number of amides is 14. The lowest BCUT2D eigenvalue weighted by molar-refractivity contribution is -0.201. The second-order valence-corrected chi connectivity index (χ2v) is 32.1. The first-order valence-corrected chi connectivity index (χ1v) is 43.7. The molecule has 0 spiro atoms. The van der Waals surface area contributed by atoms with Gasteiger partial charge in [0.05, 0.1) is 26.2 Å². The number of hydroxylamine groups is 4. The van der Waals surface area contributed by atoms with Crippen molar-refractivity contribution in [2.75, 3.05) is 65.4 Å². The zero-order valence-corrected chi connectivity index (χ0v) is 90.8. The van der Waals surface area contributed by atoms with E-state index < -0.39 is 83.9 Å². The lowest BCUT2D eigenvalue weighted by Gasteiger charge is -2.23. The van der Waals surface area contributed by atoms with E-state index in [0.717, 1.165) is 89.9 Å². The highest BCUT2D eigenvalue weighted by Gasteiger charge is 2.37. The number of alkyl carbamates (subject to hydrolysis) is 2. The molecule has 38 nitrogen and oxygen atoms in total. The number of nitrogens with zero attached hydrogens (tertiary/aromatic N) is 5. The highest BCUT2D eigenvalue weighted by molar-refractivity contribution is 7.60. The Morgan fingerprint density at radius 2 is 0.526 bits per heavy atom. The van der Waals surface area contributed by atoms with Gasteiger partial charge in [-0.3, -0.25) is 76.7 Å². The minimum atomic E-state index is -1.21. The fraction of sp³-hybridized carbons (Fsp3) is 0.765. The number of carbonyl (C=O) groups excluding carboxylic acids is 20. The van der Waals surface area contributed by atoms with E-state index in [0.29, 0.717) is 88.5 Å². The summed E-state index contributed by atoms with van der Waals surface area (Å²) in [4.78, 5) is 251. The first-order chi connectivity index (χ1) is 57.8. The van der Waals surface area contributed by atoms with E-state index in [9.17, 15) is 95.9 Å². The van der Waals surface area contributed by atoms with Crippen molar-refractivity contribution in [3.05, 3.63) is 0 Å². The normalized spacial score (nSPS) is 12.4. The lowest BCUT2D eigenvalue weighted by atomic mass is 9.97. The predicted octanol–water partition coefficient (Wildman–Crippen LogP) is 7.74. The maximum atomic E-state index is 12.9. The van der Waals surface area contributed by atoms with Gasteiger partial charge in [-0.15, -0.1) is 10.1 Å². The zero-order chi connectivity index (χ0) is 94.4. The number of carbonyl (C=O) groups is 20. The molecular formula is C85H170N14O24S10. The number of hydrogen-bond donors (Lipinski definition) is 9. The Kier molecular flexibility index (Phi) is 106. The number of ketones is 4. The van der Waals surface area contributed by atoms with Crippen molar-refractivity contribution in [2.45, 2.75) is 326 Å². The van der Waals surface area contributed by atoms with Gasteiger partial charge in [0, 0.05) is 120 Å². The summed E-state index contributed by atoms with van der Waals surface area (Å²) in [6.07, 6.45) is 17.1. The Morgan fingerprint density at radius 3 is 0.722 bits per heavy atom. The summed E-state index contributed by atoms with van der Waals surface area (Å²) in [6.45, 7) is 22.2. The molecular weight excluding hydrogens is 1920 g/mol. The average molecular weight is 2090 g/mol. The largest absolute Gasteiger partial charge is 0.444 e. The summed E-state index contributed by atoms with van der Waals surface area (Å²) in [5.74, 6) is -9.22. The van der Waals surface area contributed by atoms with Crippen molar-refractivity contribution in [2.24, 2.45) is 69.7 Å². The van der Waals surface area contributed by atoms with Gasteiger partial charge in [-0.1, -0.05) is 106 Å². The fourth-order valence-electron chi connectivity index (χ4n) is 12.4. The van der Waals surface area contributed by atoms with Crippen molar-refractivity contribution in [3.8, 4) is 0 Å². The Balaban J connectivity index is -0.000000134. The smallest absolute Gasteiger partial charge is 0.407 e. The molecule has 2 aliphatic heterocycles. The maximum Gasteiger partial charge on any atom is 0.407 e. The third kappa shape index (κ3) is 79.3. The summed E-state index contributed by atoms with van der Waals surface area (Å²) >= 11 is 0. The van der Waals surface area contributed by atoms with Crippen LogP contribution in [0.25, 0.3) is 0 Å². The van der Waals surface area contributed by atoms with E-state index in [1.165, 1.54) is 9.80 Å². The molecule has 48 heteroatoms. The highest BCUT2D eigenvalue weighted by atomic mass is 32.1. The molecule has 784 valence electrons. The Morgan fingerprint density at radius 1 is 0.316 bits per heavy atom. The molecule has 0 aromatic rings. The van der Waals surface area contributed by atoms with Gasteiger partial charge in [-0.2, -0.15) is 135 Å². The van der Waals surface area contributed by atoms with E-state index >= 15 is 0 Å². The van der Waals surface area contributed by atoms with Crippen molar-refractivity contribution < 1.29 is 115 Å². The first kappa shape index (κ1) is 155. The van der Waals surface area contributed by atoms with Crippen LogP contribution in [0.5, 0.6) is 0 Å². The molecule has 0 saturated carbocycles. The first-order valence-electron chi connectivity index (χ1n) is 43.7. The van der Waals surface area contributed by atoms with E-state index in [2.05, 4.69) is 10.6 Å². The van der Waals surface area contributed by atoms with Crippen LogP contribution in [-0.2, 0) is 105 Å². The molecule has 2 aliphatic rings. The number of primary amides is 5. The number of rotatable bonds is 60. The SMILES string of the molecule is CC.CC(C)(C)OC(=O)NCCC(=O)N(CC(=O)ON1C(=O)CCC1=O)CC(=O)ON1C(=O)CCC1=O.CC[C@@H](CCCCCC(=O)CN(CC(=O)CCCCC[C@H](CC)C(N)=O)C(=O)CCN)C(N)=O.CC[C@@H](CCCCCC(=O)CN(CC(=O)CCCCC[C@H](CC)C(N)=O)C(=O)CCNC(=O)OC(C)(C)C)C(N)=O.CC[C@@H](CCCCN)C(N)=O.S.S.S.S.S.S.S.S.S.S. The van der Waals surface area contributed by atoms with Crippen LogP contribution in [0.4, 0.5) is 9.59 Å². The summed E-state index contributed by atoms with van der Waals surface area (Å²) < 4.78 is 10.2.